The average molecular weight is 460 g/mol. The molecule has 9 heteroatoms. The minimum atomic E-state index is -1.34. The van der Waals surface area contributed by atoms with Gasteiger partial charge in [0.05, 0.1) is 25.4 Å². The van der Waals surface area contributed by atoms with Crippen LogP contribution in [-0.2, 0) is 9.47 Å². The minimum Gasteiger partial charge on any atom is -0.507 e. The molecule has 5 rings (SSSR count). The monoisotopic (exact) mass is 460 g/mol. The van der Waals surface area contributed by atoms with Crippen molar-refractivity contribution in [1.29, 1.82) is 0 Å². The summed E-state index contributed by atoms with van der Waals surface area (Å²) < 4.78 is 29.8. The molecular weight excluding hydrogens is 432 g/mol. The van der Waals surface area contributed by atoms with Gasteiger partial charge in [-0.1, -0.05) is 12.1 Å². The Morgan fingerprint density at radius 3 is 2.24 bits per heavy atom. The Morgan fingerprint density at radius 2 is 1.61 bits per heavy atom. The predicted molar refractivity (Wildman–Crippen MR) is 115 cm³/mol. The Labute approximate surface area is 191 Å². The molecule has 0 amide bonds. The van der Waals surface area contributed by atoms with Gasteiger partial charge in [0.2, 0.25) is 6.29 Å². The number of phenols is 1. The van der Waals surface area contributed by atoms with Crippen molar-refractivity contribution in [2.24, 2.45) is 0 Å². The van der Waals surface area contributed by atoms with Crippen LogP contribution in [0.1, 0.15) is 40.9 Å². The second-order valence-electron chi connectivity index (χ2n) is 8.70. The van der Waals surface area contributed by atoms with Crippen LogP contribution >= 0.6 is 0 Å². The molecule has 33 heavy (non-hydrogen) atoms. The van der Waals surface area contributed by atoms with Crippen molar-refractivity contribution in [3.63, 3.8) is 0 Å². The SMILES string of the molecule is COc1ccc([C@@H]2C[C@H]3O[C@H]4[C@H](Oc5c(C)c(O)c(C)c(c53)O2)O[C@H](CO)[C@@H](O)[C@@H]4O)cc1. The standard InChI is InChI=1S/C24H28O9/c1-10-18(26)11(2)22-17-15(31-23-20(28)19(27)16(9-25)32-24(23)33-22)8-14(30-21(10)17)12-4-6-13(29-3)7-5-12/h4-7,14-16,19-20,23-28H,8-9H2,1-3H3/t14-,15+,16+,19+,20-,23+,24-/m0/s1. The second kappa shape index (κ2) is 8.34. The highest BCUT2D eigenvalue weighted by molar-refractivity contribution is 5.63. The zero-order valence-corrected chi connectivity index (χ0v) is 18.6. The molecule has 0 bridgehead atoms. The largest absolute Gasteiger partial charge is 0.507 e. The van der Waals surface area contributed by atoms with Crippen molar-refractivity contribution in [3.8, 4) is 23.0 Å². The maximum atomic E-state index is 10.8. The predicted octanol–water partition coefficient (Wildman–Crippen LogP) is 1.80. The normalized spacial score (nSPS) is 32.6. The third-order valence-electron chi connectivity index (χ3n) is 6.76. The van der Waals surface area contributed by atoms with Crippen LogP contribution < -0.4 is 14.2 Å². The Balaban J connectivity index is 1.59. The van der Waals surface area contributed by atoms with Gasteiger partial charge in [-0.25, -0.2) is 0 Å². The molecule has 0 radical (unpaired) electrons. The quantitative estimate of drug-likeness (QED) is 0.542. The summed E-state index contributed by atoms with van der Waals surface area (Å²) in [5.74, 6) is 1.57. The minimum absolute atomic E-state index is 0.0337. The lowest BCUT2D eigenvalue weighted by Crippen LogP contribution is -2.60. The van der Waals surface area contributed by atoms with Gasteiger partial charge in [0.15, 0.2) is 0 Å². The lowest BCUT2D eigenvalue weighted by atomic mass is 9.90. The first-order valence-electron chi connectivity index (χ1n) is 10.9. The van der Waals surface area contributed by atoms with Crippen LogP contribution in [0.4, 0.5) is 0 Å². The van der Waals surface area contributed by atoms with Crippen molar-refractivity contribution in [3.05, 3.63) is 46.5 Å². The van der Waals surface area contributed by atoms with Crippen LogP contribution in [0.15, 0.2) is 24.3 Å². The molecule has 0 saturated carbocycles. The Morgan fingerprint density at radius 1 is 0.939 bits per heavy atom. The third-order valence-corrected chi connectivity index (χ3v) is 6.76. The van der Waals surface area contributed by atoms with E-state index in [-0.39, 0.29) is 5.75 Å². The van der Waals surface area contributed by atoms with Crippen LogP contribution in [0.2, 0.25) is 0 Å². The zero-order chi connectivity index (χ0) is 23.4. The highest BCUT2D eigenvalue weighted by Gasteiger charge is 2.51. The zero-order valence-electron chi connectivity index (χ0n) is 18.6. The van der Waals surface area contributed by atoms with Gasteiger partial charge in [0, 0.05) is 17.5 Å². The summed E-state index contributed by atoms with van der Waals surface area (Å²) in [5.41, 5.74) is 2.58. The molecule has 0 aliphatic carbocycles. The van der Waals surface area contributed by atoms with E-state index in [0.717, 1.165) is 11.3 Å². The number of phenolic OH excluding ortho intramolecular Hbond substituents is 1. The van der Waals surface area contributed by atoms with Crippen molar-refractivity contribution in [2.75, 3.05) is 13.7 Å². The Hall–Kier alpha value is -2.56. The van der Waals surface area contributed by atoms with Crippen molar-refractivity contribution in [1.82, 2.24) is 0 Å². The van der Waals surface area contributed by atoms with Crippen molar-refractivity contribution >= 4 is 0 Å². The van der Waals surface area contributed by atoms with E-state index in [9.17, 15) is 20.4 Å². The average Bonchev–Trinajstić information content (AvgIpc) is 3.00. The third kappa shape index (κ3) is 3.51. The summed E-state index contributed by atoms with van der Waals surface area (Å²) >= 11 is 0. The fourth-order valence-corrected chi connectivity index (χ4v) is 4.85. The van der Waals surface area contributed by atoms with Crippen LogP contribution in [0.25, 0.3) is 0 Å². The van der Waals surface area contributed by atoms with Gasteiger partial charge in [0.1, 0.15) is 53.5 Å². The lowest BCUT2D eigenvalue weighted by molar-refractivity contribution is -0.292. The lowest BCUT2D eigenvalue weighted by Gasteiger charge is -2.41. The van der Waals surface area contributed by atoms with E-state index in [1.165, 1.54) is 0 Å². The number of aromatic hydroxyl groups is 1. The number of aliphatic hydroxyl groups excluding tert-OH is 3. The molecule has 2 aromatic rings. The van der Waals surface area contributed by atoms with Crippen molar-refractivity contribution in [2.45, 2.75) is 63.2 Å². The molecule has 4 N–H and O–H groups in total. The first kappa shape index (κ1) is 22.2. The molecule has 3 aliphatic heterocycles. The van der Waals surface area contributed by atoms with Gasteiger partial charge >= 0.3 is 0 Å². The number of fused-ring (bicyclic) bond motifs is 1. The molecule has 3 heterocycles. The Kier molecular flexibility index (Phi) is 5.62. The Bertz CT molecular complexity index is 1040. The van der Waals surface area contributed by atoms with Gasteiger partial charge in [-0.3, -0.25) is 0 Å². The number of methoxy groups -OCH3 is 1. The van der Waals surface area contributed by atoms with Crippen LogP contribution in [0, 0.1) is 13.8 Å². The van der Waals surface area contributed by atoms with Gasteiger partial charge in [0.25, 0.3) is 0 Å². The maximum absolute atomic E-state index is 10.8. The second-order valence-corrected chi connectivity index (χ2v) is 8.70. The number of benzene rings is 2. The van der Waals surface area contributed by atoms with E-state index in [0.29, 0.717) is 34.6 Å². The number of hydrogen-bond acceptors (Lipinski definition) is 9. The number of aliphatic hydroxyl groups is 3. The van der Waals surface area contributed by atoms with E-state index >= 15 is 0 Å². The van der Waals surface area contributed by atoms with E-state index in [2.05, 4.69) is 0 Å². The fraction of sp³-hybridized carbons (Fsp3) is 0.500. The van der Waals surface area contributed by atoms with E-state index in [4.69, 9.17) is 23.7 Å². The van der Waals surface area contributed by atoms with Gasteiger partial charge in [-0.05, 0) is 31.5 Å². The summed E-state index contributed by atoms with van der Waals surface area (Å²) in [7, 11) is 1.60. The summed E-state index contributed by atoms with van der Waals surface area (Å²) in [6.07, 6.45) is -6.34. The first-order valence-corrected chi connectivity index (χ1v) is 10.9. The van der Waals surface area contributed by atoms with Gasteiger partial charge < -0.3 is 44.1 Å². The molecule has 1 fully saturated rings. The first-order chi connectivity index (χ1) is 15.8. The summed E-state index contributed by atoms with van der Waals surface area (Å²) in [6.45, 7) is 3.00. The van der Waals surface area contributed by atoms with E-state index in [1.54, 1.807) is 21.0 Å². The van der Waals surface area contributed by atoms with Gasteiger partial charge in [-0.15, -0.1) is 0 Å². The molecule has 9 nitrogen and oxygen atoms in total. The molecular formula is C24H28O9. The smallest absolute Gasteiger partial charge is 0.229 e. The molecule has 1 saturated heterocycles. The molecule has 0 aromatic heterocycles. The van der Waals surface area contributed by atoms with Crippen LogP contribution in [-0.4, -0.2) is 64.8 Å². The highest BCUT2D eigenvalue weighted by atomic mass is 16.7. The molecule has 7 atom stereocenters. The maximum Gasteiger partial charge on any atom is 0.229 e. The van der Waals surface area contributed by atoms with E-state index in [1.807, 2.05) is 24.3 Å². The summed E-state index contributed by atoms with van der Waals surface area (Å²) in [6, 6.07) is 7.50. The molecule has 3 aliphatic rings. The number of ether oxygens (including phenoxy) is 5. The summed E-state index contributed by atoms with van der Waals surface area (Å²) in [4.78, 5) is 0. The van der Waals surface area contributed by atoms with Crippen LogP contribution in [0.5, 0.6) is 23.0 Å². The van der Waals surface area contributed by atoms with Gasteiger partial charge in [-0.2, -0.15) is 0 Å². The topological polar surface area (TPSA) is 127 Å². The van der Waals surface area contributed by atoms with Crippen molar-refractivity contribution < 1.29 is 44.1 Å². The number of hydrogen-bond donors (Lipinski definition) is 4. The molecule has 2 aromatic carbocycles. The van der Waals surface area contributed by atoms with Crippen LogP contribution in [0.3, 0.4) is 0 Å². The fourth-order valence-electron chi connectivity index (χ4n) is 4.85. The molecule has 0 spiro atoms. The van der Waals surface area contributed by atoms with E-state index < -0.39 is 49.5 Å². The highest BCUT2D eigenvalue weighted by Crippen LogP contribution is 2.55. The molecule has 0 unspecified atom stereocenters. The molecule has 178 valence electrons. The summed E-state index contributed by atoms with van der Waals surface area (Å²) in [5, 5.41) is 41.5. The number of rotatable bonds is 3.